The van der Waals surface area contributed by atoms with E-state index in [-0.39, 0.29) is 12.5 Å². The first-order chi connectivity index (χ1) is 13.2. The molecule has 3 N–H and O–H groups in total. The summed E-state index contributed by atoms with van der Waals surface area (Å²) < 4.78 is 1.81. The zero-order valence-electron chi connectivity index (χ0n) is 14.8. The molecule has 2 aromatic heterocycles. The SMILES string of the molecule is CNCC(=O)Nc1n[nH]c2ccc(-c3cn(Cc4ccccc4)nn3)cc12. The van der Waals surface area contributed by atoms with E-state index >= 15 is 0 Å². The van der Waals surface area contributed by atoms with E-state index in [1.54, 1.807) is 11.7 Å². The van der Waals surface area contributed by atoms with E-state index in [1.165, 1.54) is 0 Å². The largest absolute Gasteiger partial charge is 0.311 e. The zero-order chi connectivity index (χ0) is 18.6. The number of aromatic amines is 1. The molecule has 0 fully saturated rings. The van der Waals surface area contributed by atoms with Gasteiger partial charge in [-0.25, -0.2) is 4.68 Å². The topological polar surface area (TPSA) is 101 Å². The number of fused-ring (bicyclic) bond motifs is 1. The van der Waals surface area contributed by atoms with Crippen molar-refractivity contribution < 1.29 is 4.79 Å². The molecule has 0 bridgehead atoms. The number of aromatic nitrogens is 5. The third kappa shape index (κ3) is 3.70. The second-order valence-corrected chi connectivity index (χ2v) is 6.20. The van der Waals surface area contributed by atoms with Crippen molar-refractivity contribution in [1.82, 2.24) is 30.5 Å². The smallest absolute Gasteiger partial charge is 0.239 e. The number of likely N-dealkylation sites (N-methyl/N-ethyl adjacent to an activating group) is 1. The molecule has 2 aromatic carbocycles. The molecular weight excluding hydrogens is 342 g/mol. The van der Waals surface area contributed by atoms with Crippen LogP contribution in [0.15, 0.2) is 54.7 Å². The summed E-state index contributed by atoms with van der Waals surface area (Å²) in [4.78, 5) is 11.8. The maximum atomic E-state index is 11.8. The fourth-order valence-electron chi connectivity index (χ4n) is 2.88. The van der Waals surface area contributed by atoms with Crippen molar-refractivity contribution >= 4 is 22.6 Å². The Morgan fingerprint density at radius 2 is 2.04 bits per heavy atom. The number of hydrogen-bond donors (Lipinski definition) is 3. The predicted molar refractivity (Wildman–Crippen MR) is 103 cm³/mol. The number of carbonyl (C=O) groups is 1. The van der Waals surface area contributed by atoms with Crippen LogP contribution < -0.4 is 10.6 Å². The van der Waals surface area contributed by atoms with Gasteiger partial charge in [0.2, 0.25) is 5.91 Å². The predicted octanol–water partition coefficient (Wildman–Crippen LogP) is 2.03. The first kappa shape index (κ1) is 16.9. The molecule has 0 radical (unpaired) electrons. The van der Waals surface area contributed by atoms with Gasteiger partial charge >= 0.3 is 0 Å². The molecule has 2 heterocycles. The van der Waals surface area contributed by atoms with Gasteiger partial charge in [-0.3, -0.25) is 9.89 Å². The van der Waals surface area contributed by atoms with Crippen LogP contribution in [0.25, 0.3) is 22.2 Å². The van der Waals surface area contributed by atoms with Gasteiger partial charge in [0, 0.05) is 10.9 Å². The van der Waals surface area contributed by atoms with Crippen molar-refractivity contribution in [3.63, 3.8) is 0 Å². The minimum atomic E-state index is -0.148. The molecule has 4 aromatic rings. The number of rotatable bonds is 6. The van der Waals surface area contributed by atoms with Gasteiger partial charge in [0.25, 0.3) is 0 Å². The summed E-state index contributed by atoms with van der Waals surface area (Å²) in [7, 11) is 1.72. The second kappa shape index (κ2) is 7.38. The molecule has 0 aliphatic rings. The highest BCUT2D eigenvalue weighted by Gasteiger charge is 2.12. The third-order valence-corrected chi connectivity index (χ3v) is 4.18. The lowest BCUT2D eigenvalue weighted by atomic mass is 10.1. The lowest BCUT2D eigenvalue weighted by Crippen LogP contribution is -2.25. The summed E-state index contributed by atoms with van der Waals surface area (Å²) in [5, 5.41) is 22.1. The van der Waals surface area contributed by atoms with Crippen LogP contribution in [0.1, 0.15) is 5.56 Å². The quantitative estimate of drug-likeness (QED) is 0.488. The monoisotopic (exact) mass is 361 g/mol. The number of carbonyl (C=O) groups excluding carboxylic acids is 1. The second-order valence-electron chi connectivity index (χ2n) is 6.20. The van der Waals surface area contributed by atoms with Gasteiger partial charge in [-0.15, -0.1) is 5.10 Å². The highest BCUT2D eigenvalue weighted by atomic mass is 16.2. The number of anilines is 1. The fraction of sp³-hybridized carbons (Fsp3) is 0.158. The minimum Gasteiger partial charge on any atom is -0.311 e. The first-order valence-electron chi connectivity index (χ1n) is 8.60. The summed E-state index contributed by atoms with van der Waals surface area (Å²) in [5.74, 6) is 0.355. The van der Waals surface area contributed by atoms with Gasteiger partial charge in [-0.2, -0.15) is 5.10 Å². The molecule has 0 saturated heterocycles. The Morgan fingerprint density at radius 1 is 1.19 bits per heavy atom. The van der Waals surface area contributed by atoms with Gasteiger partial charge in [0.1, 0.15) is 5.69 Å². The molecule has 0 unspecified atom stereocenters. The Kier molecular flexibility index (Phi) is 4.63. The summed E-state index contributed by atoms with van der Waals surface area (Å²) in [5.41, 5.74) is 3.68. The van der Waals surface area contributed by atoms with Crippen LogP contribution in [0.2, 0.25) is 0 Å². The lowest BCUT2D eigenvalue weighted by Gasteiger charge is -2.02. The molecule has 4 rings (SSSR count). The van der Waals surface area contributed by atoms with Crippen LogP contribution in [0, 0.1) is 0 Å². The molecule has 136 valence electrons. The molecule has 8 heteroatoms. The average molecular weight is 361 g/mol. The van der Waals surface area contributed by atoms with Crippen LogP contribution in [0.3, 0.4) is 0 Å². The first-order valence-corrected chi connectivity index (χ1v) is 8.60. The fourth-order valence-corrected chi connectivity index (χ4v) is 2.88. The maximum absolute atomic E-state index is 11.8. The molecule has 27 heavy (non-hydrogen) atoms. The standard InChI is InChI=1S/C19H19N7O/c1-20-10-18(27)21-19-15-9-14(7-8-16(15)22-24-19)17-12-26(25-23-17)11-13-5-3-2-4-6-13/h2-9,12,20H,10-11H2,1H3,(H2,21,22,24,27). The Balaban J connectivity index is 1.59. The Labute approximate surface area is 155 Å². The number of hydrogen-bond acceptors (Lipinski definition) is 5. The van der Waals surface area contributed by atoms with Crippen LogP contribution in [-0.4, -0.2) is 44.7 Å². The summed E-state index contributed by atoms with van der Waals surface area (Å²) in [6.07, 6.45) is 1.91. The van der Waals surface area contributed by atoms with Crippen molar-refractivity contribution in [1.29, 1.82) is 0 Å². The van der Waals surface area contributed by atoms with E-state index in [1.807, 2.05) is 42.6 Å². The molecule has 0 atom stereocenters. The van der Waals surface area contributed by atoms with Crippen LogP contribution in [-0.2, 0) is 11.3 Å². The van der Waals surface area contributed by atoms with Crippen molar-refractivity contribution in [2.45, 2.75) is 6.54 Å². The van der Waals surface area contributed by atoms with Gasteiger partial charge in [-0.05, 0) is 24.7 Å². The molecule has 0 aliphatic carbocycles. The van der Waals surface area contributed by atoms with E-state index in [0.29, 0.717) is 12.4 Å². The molecule has 8 nitrogen and oxygen atoms in total. The molecule has 1 amide bonds. The molecule has 0 saturated carbocycles. The number of benzene rings is 2. The lowest BCUT2D eigenvalue weighted by molar-refractivity contribution is -0.115. The molecule has 0 aliphatic heterocycles. The van der Waals surface area contributed by atoms with Crippen LogP contribution in [0.5, 0.6) is 0 Å². The summed E-state index contributed by atoms with van der Waals surface area (Å²) in [6, 6.07) is 15.9. The summed E-state index contributed by atoms with van der Waals surface area (Å²) >= 11 is 0. The van der Waals surface area contributed by atoms with Gasteiger partial charge < -0.3 is 10.6 Å². The van der Waals surface area contributed by atoms with Crippen molar-refractivity contribution in [2.24, 2.45) is 0 Å². The molecule has 0 spiro atoms. The Morgan fingerprint density at radius 3 is 2.85 bits per heavy atom. The Bertz CT molecular complexity index is 1070. The number of H-pyrrole nitrogens is 1. The van der Waals surface area contributed by atoms with E-state index < -0.39 is 0 Å². The van der Waals surface area contributed by atoms with Gasteiger partial charge in [0.05, 0.1) is 24.8 Å². The van der Waals surface area contributed by atoms with Gasteiger partial charge in [0.15, 0.2) is 5.82 Å². The Hall–Kier alpha value is -3.52. The van der Waals surface area contributed by atoms with Crippen LogP contribution in [0.4, 0.5) is 5.82 Å². The van der Waals surface area contributed by atoms with E-state index in [0.717, 1.165) is 27.7 Å². The van der Waals surface area contributed by atoms with Crippen LogP contribution >= 0.6 is 0 Å². The molecular formula is C19H19N7O. The number of amides is 1. The highest BCUT2D eigenvalue weighted by Crippen LogP contribution is 2.26. The van der Waals surface area contributed by atoms with Crippen molar-refractivity contribution in [3.05, 3.63) is 60.3 Å². The normalized spacial score (nSPS) is 11.0. The van der Waals surface area contributed by atoms with E-state index in [2.05, 4.69) is 43.3 Å². The van der Waals surface area contributed by atoms with E-state index in [4.69, 9.17) is 0 Å². The third-order valence-electron chi connectivity index (χ3n) is 4.18. The van der Waals surface area contributed by atoms with Crippen molar-refractivity contribution in [3.8, 4) is 11.3 Å². The average Bonchev–Trinajstić information content (AvgIpc) is 3.30. The van der Waals surface area contributed by atoms with Gasteiger partial charge in [-0.1, -0.05) is 41.6 Å². The van der Waals surface area contributed by atoms with E-state index in [9.17, 15) is 4.79 Å². The minimum absolute atomic E-state index is 0.148. The van der Waals surface area contributed by atoms with Crippen molar-refractivity contribution in [2.75, 3.05) is 18.9 Å². The maximum Gasteiger partial charge on any atom is 0.239 e. The number of nitrogens with zero attached hydrogens (tertiary/aromatic N) is 4. The zero-order valence-corrected chi connectivity index (χ0v) is 14.8. The highest BCUT2D eigenvalue weighted by molar-refractivity contribution is 6.01. The number of nitrogens with one attached hydrogen (secondary N) is 3. The summed E-state index contributed by atoms with van der Waals surface area (Å²) in [6.45, 7) is 0.884.